The highest BCUT2D eigenvalue weighted by molar-refractivity contribution is 6.33. The number of aromatic nitrogens is 2. The molecule has 0 aliphatic rings. The van der Waals surface area contributed by atoms with Crippen molar-refractivity contribution in [3.8, 4) is 0 Å². The van der Waals surface area contributed by atoms with E-state index in [2.05, 4.69) is 10.3 Å². The maximum atomic E-state index is 13.3. The molecule has 2 amide bonds. The number of para-hydroxylation sites is 3. The Balaban J connectivity index is 2.16. The summed E-state index contributed by atoms with van der Waals surface area (Å²) < 4.78 is 1.39. The Labute approximate surface area is 172 Å². The van der Waals surface area contributed by atoms with Crippen molar-refractivity contribution in [3.63, 3.8) is 0 Å². The summed E-state index contributed by atoms with van der Waals surface area (Å²) in [5.74, 6) is -0.735. The predicted octanol–water partition coefficient (Wildman–Crippen LogP) is 3.62. The molecule has 1 unspecified atom stereocenters. The number of hydrogen-bond acceptors (Lipinski definition) is 4. The third-order valence-electron chi connectivity index (χ3n) is 4.70. The van der Waals surface area contributed by atoms with Gasteiger partial charge >= 0.3 is 0 Å². The van der Waals surface area contributed by atoms with Crippen molar-refractivity contribution in [1.82, 2.24) is 9.55 Å². The number of carbonyl (C=O) groups excluding carboxylic acids is 2. The smallest absolute Gasteiger partial charge is 0.295 e. The SMILES string of the molecule is CCC(C(=O)Nc1ccccc1Cl)n1c(=O)c(N(C)C(C)=O)nc2ccccc21. The Morgan fingerprint density at radius 1 is 1.17 bits per heavy atom. The molecular formula is C21H21ClN4O3. The van der Waals surface area contributed by atoms with Crippen molar-refractivity contribution >= 4 is 46.0 Å². The lowest BCUT2D eigenvalue weighted by molar-refractivity contribution is -0.119. The maximum absolute atomic E-state index is 13.3. The second kappa shape index (κ2) is 8.45. The summed E-state index contributed by atoms with van der Waals surface area (Å²) in [6.45, 7) is 3.16. The van der Waals surface area contributed by atoms with Crippen molar-refractivity contribution in [2.75, 3.05) is 17.3 Å². The molecule has 29 heavy (non-hydrogen) atoms. The van der Waals surface area contributed by atoms with Gasteiger partial charge in [0.1, 0.15) is 6.04 Å². The molecule has 150 valence electrons. The first-order valence-corrected chi connectivity index (χ1v) is 9.54. The van der Waals surface area contributed by atoms with Gasteiger partial charge in [-0.05, 0) is 30.7 Å². The van der Waals surface area contributed by atoms with Gasteiger partial charge in [-0.15, -0.1) is 0 Å². The zero-order chi connectivity index (χ0) is 21.1. The van der Waals surface area contributed by atoms with Crippen LogP contribution < -0.4 is 15.8 Å². The second-order valence-corrected chi connectivity index (χ2v) is 6.98. The molecular weight excluding hydrogens is 392 g/mol. The standard InChI is InChI=1S/C21H21ClN4O3/c1-4-17(20(28)24-15-10-6-5-9-14(15)22)26-18-12-8-7-11-16(18)23-19(21(26)29)25(3)13(2)27/h5-12,17H,4H2,1-3H3,(H,24,28). The van der Waals surface area contributed by atoms with E-state index in [1.54, 1.807) is 48.5 Å². The molecule has 2 aromatic carbocycles. The Morgan fingerprint density at radius 3 is 2.48 bits per heavy atom. The zero-order valence-electron chi connectivity index (χ0n) is 16.3. The quantitative estimate of drug-likeness (QED) is 0.693. The highest BCUT2D eigenvalue weighted by atomic mass is 35.5. The van der Waals surface area contributed by atoms with E-state index >= 15 is 0 Å². The number of anilines is 2. The molecule has 0 saturated heterocycles. The highest BCUT2D eigenvalue weighted by Crippen LogP contribution is 2.24. The van der Waals surface area contributed by atoms with Crippen molar-refractivity contribution < 1.29 is 9.59 Å². The van der Waals surface area contributed by atoms with E-state index < -0.39 is 11.6 Å². The van der Waals surface area contributed by atoms with Crippen LogP contribution >= 0.6 is 11.6 Å². The molecule has 0 bridgehead atoms. The highest BCUT2D eigenvalue weighted by Gasteiger charge is 2.26. The van der Waals surface area contributed by atoms with Crippen molar-refractivity contribution in [3.05, 3.63) is 63.9 Å². The van der Waals surface area contributed by atoms with E-state index in [0.29, 0.717) is 28.2 Å². The van der Waals surface area contributed by atoms with Gasteiger partial charge in [0.25, 0.3) is 5.56 Å². The van der Waals surface area contributed by atoms with Gasteiger partial charge in [0.2, 0.25) is 17.6 Å². The third-order valence-corrected chi connectivity index (χ3v) is 5.03. The largest absolute Gasteiger partial charge is 0.323 e. The van der Waals surface area contributed by atoms with E-state index in [4.69, 9.17) is 11.6 Å². The fourth-order valence-electron chi connectivity index (χ4n) is 3.08. The minimum absolute atomic E-state index is 0.0276. The maximum Gasteiger partial charge on any atom is 0.295 e. The third kappa shape index (κ3) is 4.00. The van der Waals surface area contributed by atoms with Gasteiger partial charge in [0, 0.05) is 14.0 Å². The Morgan fingerprint density at radius 2 is 1.83 bits per heavy atom. The fraction of sp³-hybridized carbons (Fsp3) is 0.238. The summed E-state index contributed by atoms with van der Waals surface area (Å²) in [6, 6.07) is 13.1. The predicted molar refractivity (Wildman–Crippen MR) is 114 cm³/mol. The molecule has 7 nitrogen and oxygen atoms in total. The van der Waals surface area contributed by atoms with E-state index in [1.807, 2.05) is 6.92 Å². The average Bonchev–Trinajstić information content (AvgIpc) is 2.71. The number of hydrogen-bond donors (Lipinski definition) is 1. The van der Waals surface area contributed by atoms with Crippen LogP contribution in [0.1, 0.15) is 26.3 Å². The molecule has 1 aromatic heterocycles. The van der Waals surface area contributed by atoms with Crippen LogP contribution in [0.3, 0.4) is 0 Å². The van der Waals surface area contributed by atoms with E-state index in [9.17, 15) is 14.4 Å². The molecule has 1 atom stereocenters. The van der Waals surface area contributed by atoms with E-state index in [-0.39, 0.29) is 17.6 Å². The lowest BCUT2D eigenvalue weighted by atomic mass is 10.1. The molecule has 3 aromatic rings. The van der Waals surface area contributed by atoms with Crippen LogP contribution in [0.25, 0.3) is 11.0 Å². The topological polar surface area (TPSA) is 84.3 Å². The minimum atomic E-state index is -0.814. The average molecular weight is 413 g/mol. The first-order chi connectivity index (χ1) is 13.8. The molecule has 0 radical (unpaired) electrons. The Hall–Kier alpha value is -3.19. The monoisotopic (exact) mass is 412 g/mol. The normalized spacial score (nSPS) is 11.9. The van der Waals surface area contributed by atoms with E-state index in [0.717, 1.165) is 0 Å². The van der Waals surface area contributed by atoms with Gasteiger partial charge in [-0.3, -0.25) is 23.9 Å². The number of carbonyl (C=O) groups is 2. The zero-order valence-corrected chi connectivity index (χ0v) is 17.1. The molecule has 0 fully saturated rings. The molecule has 1 N–H and O–H groups in total. The summed E-state index contributed by atoms with van der Waals surface area (Å²) in [6.07, 6.45) is 0.355. The van der Waals surface area contributed by atoms with Crippen LogP contribution in [0.5, 0.6) is 0 Å². The van der Waals surface area contributed by atoms with Gasteiger partial charge < -0.3 is 5.32 Å². The number of amides is 2. The second-order valence-electron chi connectivity index (χ2n) is 6.57. The fourth-order valence-corrected chi connectivity index (χ4v) is 3.27. The Kier molecular flexibility index (Phi) is 5.98. The van der Waals surface area contributed by atoms with Crippen LogP contribution in [0.15, 0.2) is 53.3 Å². The summed E-state index contributed by atoms with van der Waals surface area (Å²) >= 11 is 6.15. The first kappa shape index (κ1) is 20.5. The summed E-state index contributed by atoms with van der Waals surface area (Å²) in [4.78, 5) is 43.7. The van der Waals surface area contributed by atoms with Gasteiger partial charge in [-0.2, -0.15) is 0 Å². The summed E-state index contributed by atoms with van der Waals surface area (Å²) in [5, 5.41) is 3.19. The molecule has 0 aliphatic carbocycles. The van der Waals surface area contributed by atoms with Gasteiger partial charge in [-0.1, -0.05) is 42.8 Å². The molecule has 1 heterocycles. The van der Waals surface area contributed by atoms with Crippen LogP contribution in [0.4, 0.5) is 11.5 Å². The van der Waals surface area contributed by atoms with Crippen LogP contribution in [0, 0.1) is 0 Å². The lowest BCUT2D eigenvalue weighted by Gasteiger charge is -2.23. The van der Waals surface area contributed by atoms with Crippen molar-refractivity contribution in [2.24, 2.45) is 0 Å². The minimum Gasteiger partial charge on any atom is -0.323 e. The van der Waals surface area contributed by atoms with Gasteiger partial charge in [0.05, 0.1) is 21.7 Å². The Bertz CT molecular complexity index is 1140. The van der Waals surface area contributed by atoms with Crippen LogP contribution in [-0.2, 0) is 9.59 Å². The van der Waals surface area contributed by atoms with Gasteiger partial charge in [0.15, 0.2) is 0 Å². The van der Waals surface area contributed by atoms with Gasteiger partial charge in [-0.25, -0.2) is 4.98 Å². The summed E-state index contributed by atoms with van der Waals surface area (Å²) in [7, 11) is 1.48. The van der Waals surface area contributed by atoms with Crippen LogP contribution in [0.2, 0.25) is 5.02 Å². The van der Waals surface area contributed by atoms with Crippen LogP contribution in [-0.4, -0.2) is 28.4 Å². The first-order valence-electron chi connectivity index (χ1n) is 9.16. The molecule has 0 saturated carbocycles. The van der Waals surface area contributed by atoms with E-state index in [1.165, 1.54) is 23.4 Å². The molecule has 0 spiro atoms. The molecule has 0 aliphatic heterocycles. The summed E-state index contributed by atoms with van der Waals surface area (Å²) in [5.41, 5.74) is 0.978. The van der Waals surface area contributed by atoms with Crippen molar-refractivity contribution in [2.45, 2.75) is 26.3 Å². The molecule has 3 rings (SSSR count). The number of benzene rings is 2. The number of halogens is 1. The lowest BCUT2D eigenvalue weighted by Crippen LogP contribution is -2.38. The van der Waals surface area contributed by atoms with Crippen molar-refractivity contribution in [1.29, 1.82) is 0 Å². The number of nitrogens with zero attached hydrogens (tertiary/aromatic N) is 3. The number of rotatable bonds is 5. The number of fused-ring (bicyclic) bond motifs is 1. The number of nitrogens with one attached hydrogen (secondary N) is 1. The molecule has 8 heteroatoms.